The molecule has 0 spiro atoms. The molecule has 0 radical (unpaired) electrons. The largest absolute Gasteiger partial charge is 0.444 e. The molecule has 2 N–H and O–H groups in total. The van der Waals surface area contributed by atoms with Crippen molar-refractivity contribution < 1.29 is 19.1 Å². The summed E-state index contributed by atoms with van der Waals surface area (Å²) < 4.78 is 10.6. The third-order valence-electron chi connectivity index (χ3n) is 3.07. The van der Waals surface area contributed by atoms with E-state index in [9.17, 15) is 9.59 Å². The number of hydrogen-bond donors (Lipinski definition) is 2. The van der Waals surface area contributed by atoms with Gasteiger partial charge >= 0.3 is 12.2 Å². The maximum atomic E-state index is 12.2. The molecule has 0 aliphatic heterocycles. The van der Waals surface area contributed by atoms with Gasteiger partial charge in [-0.1, -0.05) is 30.3 Å². The SMILES string of the molecule is C/C(=C\NC(=O)OC(C)(C)C)C(NC(=O)OC(C)(C)C)c1ccccc1. The molecule has 1 unspecified atom stereocenters. The quantitative estimate of drug-likeness (QED) is 0.815. The smallest absolute Gasteiger partial charge is 0.411 e. The summed E-state index contributed by atoms with van der Waals surface area (Å²) >= 11 is 0. The first kappa shape index (κ1) is 21.5. The van der Waals surface area contributed by atoms with E-state index in [4.69, 9.17) is 9.47 Å². The molecule has 0 aliphatic carbocycles. The van der Waals surface area contributed by atoms with E-state index in [1.165, 1.54) is 6.20 Å². The number of benzene rings is 1. The summed E-state index contributed by atoms with van der Waals surface area (Å²) in [6, 6.07) is 9.01. The Morgan fingerprint density at radius 3 is 1.92 bits per heavy atom. The average molecular weight is 362 g/mol. The highest BCUT2D eigenvalue weighted by Gasteiger charge is 2.22. The molecule has 0 bridgehead atoms. The molecule has 0 aliphatic rings. The molecular formula is C20H30N2O4. The number of carbonyl (C=O) groups excluding carboxylic acids is 2. The lowest BCUT2D eigenvalue weighted by molar-refractivity contribution is 0.0510. The predicted molar refractivity (Wildman–Crippen MR) is 102 cm³/mol. The zero-order chi connectivity index (χ0) is 20.0. The summed E-state index contributed by atoms with van der Waals surface area (Å²) in [5, 5.41) is 5.44. The molecule has 1 rings (SSSR count). The van der Waals surface area contributed by atoms with E-state index in [-0.39, 0.29) is 0 Å². The predicted octanol–water partition coefficient (Wildman–Crippen LogP) is 4.68. The molecule has 0 saturated carbocycles. The van der Waals surface area contributed by atoms with Gasteiger partial charge in [0.2, 0.25) is 0 Å². The minimum atomic E-state index is -0.599. The number of alkyl carbamates (subject to hydrolysis) is 2. The lowest BCUT2D eigenvalue weighted by atomic mass is 10.0. The van der Waals surface area contributed by atoms with Crippen molar-refractivity contribution >= 4 is 12.2 Å². The molecule has 2 amide bonds. The van der Waals surface area contributed by atoms with Crippen molar-refractivity contribution in [3.63, 3.8) is 0 Å². The maximum Gasteiger partial charge on any atom is 0.411 e. The number of carbonyl (C=O) groups is 2. The molecule has 26 heavy (non-hydrogen) atoms. The summed E-state index contributed by atoms with van der Waals surface area (Å²) in [7, 11) is 0. The van der Waals surface area contributed by atoms with Crippen molar-refractivity contribution in [1.29, 1.82) is 0 Å². The first-order chi connectivity index (χ1) is 11.9. The van der Waals surface area contributed by atoms with Gasteiger partial charge in [-0.25, -0.2) is 9.59 Å². The van der Waals surface area contributed by atoms with Crippen molar-refractivity contribution in [2.45, 2.75) is 65.7 Å². The maximum absolute atomic E-state index is 12.2. The number of hydrogen-bond acceptors (Lipinski definition) is 4. The monoisotopic (exact) mass is 362 g/mol. The van der Waals surface area contributed by atoms with Gasteiger partial charge in [0.05, 0.1) is 6.04 Å². The van der Waals surface area contributed by atoms with E-state index < -0.39 is 29.4 Å². The van der Waals surface area contributed by atoms with E-state index in [1.54, 1.807) is 41.5 Å². The van der Waals surface area contributed by atoms with Gasteiger partial charge in [0.1, 0.15) is 11.2 Å². The molecule has 1 atom stereocenters. The Morgan fingerprint density at radius 2 is 1.42 bits per heavy atom. The van der Waals surface area contributed by atoms with Crippen molar-refractivity contribution in [3.05, 3.63) is 47.7 Å². The first-order valence-corrected chi connectivity index (χ1v) is 8.58. The highest BCUT2D eigenvalue weighted by atomic mass is 16.6. The van der Waals surface area contributed by atoms with Crippen LogP contribution in [-0.2, 0) is 9.47 Å². The van der Waals surface area contributed by atoms with Crippen molar-refractivity contribution in [3.8, 4) is 0 Å². The van der Waals surface area contributed by atoms with Crippen LogP contribution in [0.5, 0.6) is 0 Å². The molecule has 0 saturated heterocycles. The third-order valence-corrected chi connectivity index (χ3v) is 3.07. The number of ether oxygens (including phenoxy) is 2. The zero-order valence-electron chi connectivity index (χ0n) is 16.7. The average Bonchev–Trinajstić information content (AvgIpc) is 2.48. The topological polar surface area (TPSA) is 76.7 Å². The van der Waals surface area contributed by atoms with E-state index in [1.807, 2.05) is 37.3 Å². The molecule has 144 valence electrons. The van der Waals surface area contributed by atoms with Crippen LogP contribution in [0.3, 0.4) is 0 Å². The van der Waals surface area contributed by atoms with Crippen LogP contribution in [0.15, 0.2) is 42.1 Å². The second-order valence-corrected chi connectivity index (χ2v) is 8.02. The Balaban J connectivity index is 2.92. The number of rotatable bonds is 4. The lowest BCUT2D eigenvalue weighted by Gasteiger charge is -2.25. The van der Waals surface area contributed by atoms with E-state index in [0.717, 1.165) is 11.1 Å². The first-order valence-electron chi connectivity index (χ1n) is 8.58. The fourth-order valence-corrected chi connectivity index (χ4v) is 2.09. The minimum absolute atomic E-state index is 0.444. The molecule has 1 aromatic rings. The summed E-state index contributed by atoms with van der Waals surface area (Å²) in [4.78, 5) is 24.0. The van der Waals surface area contributed by atoms with Gasteiger partial charge in [-0.3, -0.25) is 5.32 Å². The molecule has 0 heterocycles. The van der Waals surface area contributed by atoms with Crippen LogP contribution in [0.25, 0.3) is 0 Å². The normalized spacial score (nSPS) is 13.6. The van der Waals surface area contributed by atoms with Gasteiger partial charge in [0.15, 0.2) is 0 Å². The Labute approximate surface area is 156 Å². The fraction of sp³-hybridized carbons (Fsp3) is 0.500. The van der Waals surface area contributed by atoms with Crippen LogP contribution < -0.4 is 10.6 Å². The van der Waals surface area contributed by atoms with Crippen LogP contribution >= 0.6 is 0 Å². The van der Waals surface area contributed by atoms with Crippen molar-refractivity contribution in [1.82, 2.24) is 10.6 Å². The Kier molecular flexibility index (Phi) is 7.24. The molecular weight excluding hydrogens is 332 g/mol. The lowest BCUT2D eigenvalue weighted by Crippen LogP contribution is -2.36. The van der Waals surface area contributed by atoms with E-state index in [2.05, 4.69) is 10.6 Å². The molecule has 1 aromatic carbocycles. The van der Waals surface area contributed by atoms with Gasteiger partial charge in [-0.2, -0.15) is 0 Å². The van der Waals surface area contributed by atoms with Gasteiger partial charge < -0.3 is 14.8 Å². The van der Waals surface area contributed by atoms with Crippen LogP contribution in [-0.4, -0.2) is 23.4 Å². The second-order valence-electron chi connectivity index (χ2n) is 8.02. The summed E-state index contributed by atoms with van der Waals surface area (Å²) in [6.07, 6.45) is 0.445. The van der Waals surface area contributed by atoms with Crippen molar-refractivity contribution in [2.75, 3.05) is 0 Å². The van der Waals surface area contributed by atoms with Gasteiger partial charge in [-0.05, 0) is 59.6 Å². The zero-order valence-corrected chi connectivity index (χ0v) is 16.7. The van der Waals surface area contributed by atoms with Gasteiger partial charge in [-0.15, -0.1) is 0 Å². The van der Waals surface area contributed by atoms with Gasteiger partial charge in [0.25, 0.3) is 0 Å². The molecule has 0 fully saturated rings. The Hall–Kier alpha value is -2.50. The minimum Gasteiger partial charge on any atom is -0.444 e. The standard InChI is InChI=1S/C20H30N2O4/c1-14(13-21-17(23)25-19(2,3)4)16(15-11-9-8-10-12-15)22-18(24)26-20(5,6)7/h8-13,16H,1-7H3,(H,21,23)(H,22,24)/b14-13+. The van der Waals surface area contributed by atoms with Crippen LogP contribution in [0.2, 0.25) is 0 Å². The van der Waals surface area contributed by atoms with Crippen LogP contribution in [0.4, 0.5) is 9.59 Å². The molecule has 0 aromatic heterocycles. The van der Waals surface area contributed by atoms with Crippen LogP contribution in [0.1, 0.15) is 60.1 Å². The number of amides is 2. The van der Waals surface area contributed by atoms with E-state index >= 15 is 0 Å². The summed E-state index contributed by atoms with van der Waals surface area (Å²) in [6.45, 7) is 12.6. The highest BCUT2D eigenvalue weighted by molar-refractivity contribution is 5.70. The van der Waals surface area contributed by atoms with Gasteiger partial charge in [0, 0.05) is 6.20 Å². The molecule has 6 heteroatoms. The number of nitrogens with one attached hydrogen (secondary N) is 2. The fourth-order valence-electron chi connectivity index (χ4n) is 2.09. The van der Waals surface area contributed by atoms with Crippen LogP contribution in [0, 0.1) is 0 Å². The van der Waals surface area contributed by atoms with E-state index in [0.29, 0.717) is 0 Å². The second kappa shape index (κ2) is 8.74. The Bertz CT molecular complexity index is 640. The third kappa shape index (κ3) is 8.55. The molecule has 6 nitrogen and oxygen atoms in total. The Morgan fingerprint density at radius 1 is 0.923 bits per heavy atom. The van der Waals surface area contributed by atoms with Crippen molar-refractivity contribution in [2.24, 2.45) is 0 Å². The highest BCUT2D eigenvalue weighted by Crippen LogP contribution is 2.21. The summed E-state index contributed by atoms with van der Waals surface area (Å²) in [5.41, 5.74) is 0.419. The summed E-state index contributed by atoms with van der Waals surface area (Å²) in [5.74, 6) is 0.